The van der Waals surface area contributed by atoms with Gasteiger partial charge in [-0.2, -0.15) is 8.78 Å². The molecular formula is C16H17BrF2N2O3. The van der Waals surface area contributed by atoms with Crippen LogP contribution in [0.25, 0.3) is 0 Å². The summed E-state index contributed by atoms with van der Waals surface area (Å²) in [4.78, 5) is 11.9. The van der Waals surface area contributed by atoms with Crippen LogP contribution in [0.4, 0.5) is 8.78 Å². The Labute approximate surface area is 146 Å². The van der Waals surface area contributed by atoms with Gasteiger partial charge >= 0.3 is 6.61 Å². The van der Waals surface area contributed by atoms with Crippen LogP contribution in [0.1, 0.15) is 24.0 Å². The fraction of sp³-hybridized carbons (Fsp3) is 0.375. The van der Waals surface area contributed by atoms with Gasteiger partial charge in [0.1, 0.15) is 12.0 Å². The summed E-state index contributed by atoms with van der Waals surface area (Å²) in [5, 5.41) is 6.40. The summed E-state index contributed by atoms with van der Waals surface area (Å²) in [7, 11) is 0. The number of halogens is 3. The molecule has 5 nitrogen and oxygen atoms in total. The van der Waals surface area contributed by atoms with Gasteiger partial charge in [-0.15, -0.1) is 0 Å². The van der Waals surface area contributed by atoms with Crippen molar-refractivity contribution in [2.75, 3.05) is 6.54 Å². The molecule has 2 aromatic rings. The van der Waals surface area contributed by atoms with E-state index in [1.54, 1.807) is 24.6 Å². The van der Waals surface area contributed by atoms with Crippen LogP contribution in [0, 0.1) is 0 Å². The highest BCUT2D eigenvalue weighted by atomic mass is 79.9. The molecule has 0 aliphatic heterocycles. The summed E-state index contributed by atoms with van der Waals surface area (Å²) in [6.07, 6.45) is 5.26. The first-order chi connectivity index (χ1) is 11.5. The van der Waals surface area contributed by atoms with Crippen molar-refractivity contribution >= 4 is 21.8 Å². The van der Waals surface area contributed by atoms with E-state index in [0.717, 1.165) is 22.9 Å². The molecule has 0 bridgehead atoms. The third kappa shape index (κ3) is 6.27. The normalized spacial score (nSPS) is 10.8. The van der Waals surface area contributed by atoms with Crippen LogP contribution in [0.2, 0.25) is 0 Å². The van der Waals surface area contributed by atoms with Gasteiger partial charge in [-0.1, -0.05) is 21.1 Å². The molecule has 0 saturated carbocycles. The number of carbonyl (C=O) groups is 1. The fourth-order valence-corrected chi connectivity index (χ4v) is 2.57. The molecule has 0 aliphatic rings. The van der Waals surface area contributed by atoms with Crippen LogP contribution in [0.3, 0.4) is 0 Å². The Morgan fingerprint density at radius 2 is 2.21 bits per heavy atom. The quantitative estimate of drug-likeness (QED) is 0.649. The molecule has 130 valence electrons. The molecule has 0 unspecified atom stereocenters. The zero-order valence-electron chi connectivity index (χ0n) is 12.8. The molecule has 24 heavy (non-hydrogen) atoms. The van der Waals surface area contributed by atoms with Crippen molar-refractivity contribution < 1.29 is 22.8 Å². The average Bonchev–Trinajstić information content (AvgIpc) is 3.04. The van der Waals surface area contributed by atoms with Crippen LogP contribution >= 0.6 is 15.9 Å². The Morgan fingerprint density at radius 1 is 1.38 bits per heavy atom. The van der Waals surface area contributed by atoms with Crippen molar-refractivity contribution in [3.8, 4) is 5.75 Å². The minimum absolute atomic E-state index is 0.0912. The molecular weight excluding hydrogens is 386 g/mol. The average molecular weight is 403 g/mol. The number of rotatable bonds is 9. The lowest BCUT2D eigenvalue weighted by Gasteiger charge is -2.11. The summed E-state index contributed by atoms with van der Waals surface area (Å²) in [5.41, 5.74) is 1.54. The summed E-state index contributed by atoms with van der Waals surface area (Å²) < 4.78 is 34.7. The van der Waals surface area contributed by atoms with Gasteiger partial charge in [-0.25, -0.2) is 0 Å². The third-order valence-corrected chi connectivity index (χ3v) is 3.80. The molecule has 2 rings (SSSR count). The number of aromatic nitrogens is 1. The van der Waals surface area contributed by atoms with E-state index in [1.165, 1.54) is 6.07 Å². The van der Waals surface area contributed by atoms with Crippen LogP contribution in [0.15, 0.2) is 39.7 Å². The minimum Gasteiger partial charge on any atom is -0.435 e. The minimum atomic E-state index is -2.89. The number of alkyl halides is 2. The van der Waals surface area contributed by atoms with Crippen molar-refractivity contribution in [2.24, 2.45) is 0 Å². The maximum atomic E-state index is 12.4. The monoisotopic (exact) mass is 402 g/mol. The SMILES string of the molecule is O=C(CCc1cc(Br)ccc1OC(F)F)NCCCc1cnoc1. The molecule has 1 N–H and O–H groups in total. The molecule has 0 atom stereocenters. The second kappa shape index (κ2) is 9.36. The predicted octanol–water partition coefficient (Wildman–Crippen LogP) is 3.72. The summed E-state index contributed by atoms with van der Waals surface area (Å²) >= 11 is 3.28. The number of hydrogen-bond acceptors (Lipinski definition) is 4. The van der Waals surface area contributed by atoms with Gasteiger partial charge in [0.25, 0.3) is 0 Å². The van der Waals surface area contributed by atoms with Crippen LogP contribution in [0.5, 0.6) is 5.75 Å². The Morgan fingerprint density at radius 3 is 2.92 bits per heavy atom. The van der Waals surface area contributed by atoms with Crippen LogP contribution < -0.4 is 10.1 Å². The Kier molecular flexibility index (Phi) is 7.17. The molecule has 0 spiro atoms. The molecule has 8 heteroatoms. The second-order valence-electron chi connectivity index (χ2n) is 5.12. The molecule has 0 aliphatic carbocycles. The van der Waals surface area contributed by atoms with E-state index in [-0.39, 0.29) is 18.1 Å². The Hall–Kier alpha value is -1.96. The van der Waals surface area contributed by atoms with E-state index in [4.69, 9.17) is 4.52 Å². The highest BCUT2D eigenvalue weighted by Gasteiger charge is 2.11. The summed E-state index contributed by atoms with van der Waals surface area (Å²) in [5.74, 6) is -0.0447. The first kappa shape index (κ1) is 18.4. The number of benzene rings is 1. The van der Waals surface area contributed by atoms with E-state index in [9.17, 15) is 13.6 Å². The van der Waals surface area contributed by atoms with Crippen molar-refractivity contribution in [1.29, 1.82) is 0 Å². The maximum Gasteiger partial charge on any atom is 0.387 e. The smallest absolute Gasteiger partial charge is 0.387 e. The highest BCUT2D eigenvalue weighted by Crippen LogP contribution is 2.25. The van der Waals surface area contributed by atoms with Gasteiger partial charge in [0, 0.05) is 23.0 Å². The summed E-state index contributed by atoms with van der Waals surface area (Å²) in [6.45, 7) is -2.36. The lowest BCUT2D eigenvalue weighted by atomic mass is 10.1. The van der Waals surface area contributed by atoms with E-state index < -0.39 is 6.61 Å². The first-order valence-electron chi connectivity index (χ1n) is 7.43. The molecule has 1 amide bonds. The largest absolute Gasteiger partial charge is 0.435 e. The molecule has 0 saturated heterocycles. The topological polar surface area (TPSA) is 64.4 Å². The Balaban J connectivity index is 1.75. The molecule has 1 heterocycles. The lowest BCUT2D eigenvalue weighted by molar-refractivity contribution is -0.121. The van der Waals surface area contributed by atoms with Crippen molar-refractivity contribution in [1.82, 2.24) is 10.5 Å². The third-order valence-electron chi connectivity index (χ3n) is 3.31. The lowest BCUT2D eigenvalue weighted by Crippen LogP contribution is -2.25. The van der Waals surface area contributed by atoms with Gasteiger partial charge in [-0.05, 0) is 43.0 Å². The number of nitrogens with one attached hydrogen (secondary N) is 1. The number of aryl methyl sites for hydroxylation is 2. The van der Waals surface area contributed by atoms with E-state index in [0.29, 0.717) is 18.5 Å². The number of hydrogen-bond donors (Lipinski definition) is 1. The van der Waals surface area contributed by atoms with Crippen LogP contribution in [-0.2, 0) is 17.6 Å². The van der Waals surface area contributed by atoms with Crippen molar-refractivity contribution in [3.63, 3.8) is 0 Å². The van der Waals surface area contributed by atoms with E-state index >= 15 is 0 Å². The van der Waals surface area contributed by atoms with Crippen molar-refractivity contribution in [2.45, 2.75) is 32.3 Å². The molecule has 1 aromatic heterocycles. The standard InChI is InChI=1S/C16H17BrF2N2O3/c17-13-4-5-14(24-16(18)19)12(8-13)3-6-15(22)20-7-1-2-11-9-21-23-10-11/h4-5,8-10,16H,1-3,6-7H2,(H,20,22). The summed E-state index contributed by atoms with van der Waals surface area (Å²) in [6, 6.07) is 4.76. The van der Waals surface area contributed by atoms with E-state index in [2.05, 4.69) is 31.1 Å². The predicted molar refractivity (Wildman–Crippen MR) is 86.9 cm³/mol. The second-order valence-corrected chi connectivity index (χ2v) is 6.03. The van der Waals surface area contributed by atoms with Gasteiger partial charge < -0.3 is 14.6 Å². The zero-order valence-corrected chi connectivity index (χ0v) is 14.4. The van der Waals surface area contributed by atoms with Gasteiger partial charge in [0.2, 0.25) is 5.91 Å². The number of amides is 1. The van der Waals surface area contributed by atoms with Crippen molar-refractivity contribution in [3.05, 3.63) is 46.3 Å². The highest BCUT2D eigenvalue weighted by molar-refractivity contribution is 9.10. The molecule has 1 aromatic carbocycles. The zero-order chi connectivity index (χ0) is 17.4. The van der Waals surface area contributed by atoms with E-state index in [1.807, 2.05) is 0 Å². The Bertz CT molecular complexity index is 651. The number of ether oxygens (including phenoxy) is 1. The van der Waals surface area contributed by atoms with Gasteiger partial charge in [0.05, 0.1) is 6.20 Å². The molecule has 0 fully saturated rings. The fourth-order valence-electron chi connectivity index (χ4n) is 2.16. The van der Waals surface area contributed by atoms with Crippen LogP contribution in [-0.4, -0.2) is 24.2 Å². The maximum absolute atomic E-state index is 12.4. The first-order valence-corrected chi connectivity index (χ1v) is 8.22. The van der Waals surface area contributed by atoms with Gasteiger partial charge in [-0.3, -0.25) is 4.79 Å². The molecule has 0 radical (unpaired) electrons. The number of carbonyl (C=O) groups excluding carboxylic acids is 1. The number of nitrogens with zero attached hydrogens (tertiary/aromatic N) is 1. The van der Waals surface area contributed by atoms with Gasteiger partial charge in [0.15, 0.2) is 0 Å².